The van der Waals surface area contributed by atoms with Gasteiger partial charge in [-0.25, -0.2) is 9.67 Å². The zero-order valence-corrected chi connectivity index (χ0v) is 6.96. The average Bonchev–Trinajstić information content (AvgIpc) is 2.09. The van der Waals surface area contributed by atoms with Crippen LogP contribution < -0.4 is 0 Å². The summed E-state index contributed by atoms with van der Waals surface area (Å²) in [7, 11) is 0. The first-order valence-corrected chi connectivity index (χ1v) is 3.47. The molecular weight excluding hydrogens is 142 g/mol. The van der Waals surface area contributed by atoms with E-state index in [-0.39, 0.29) is 5.78 Å². The van der Waals surface area contributed by atoms with Crippen LogP contribution in [-0.2, 0) is 11.3 Å². The molecule has 1 aromatic heterocycles. The van der Waals surface area contributed by atoms with Crippen LogP contribution in [-0.4, -0.2) is 20.5 Å². The predicted molar refractivity (Wildman–Crippen MR) is 40.2 cm³/mol. The van der Waals surface area contributed by atoms with Gasteiger partial charge in [0.1, 0.15) is 18.2 Å². The quantitative estimate of drug-likeness (QED) is 0.621. The molecule has 1 rings (SSSR count). The van der Waals surface area contributed by atoms with Crippen molar-refractivity contribution in [3.63, 3.8) is 0 Å². The van der Waals surface area contributed by atoms with Gasteiger partial charge in [0, 0.05) is 0 Å². The van der Waals surface area contributed by atoms with Crippen LogP contribution in [0.15, 0.2) is 0 Å². The smallest absolute Gasteiger partial charge is 0.151 e. The monoisotopic (exact) mass is 153 g/mol. The number of ketones is 1. The van der Waals surface area contributed by atoms with Crippen LogP contribution in [0.1, 0.15) is 18.6 Å². The van der Waals surface area contributed by atoms with Crippen molar-refractivity contribution < 1.29 is 4.79 Å². The van der Waals surface area contributed by atoms with Gasteiger partial charge < -0.3 is 0 Å². The fourth-order valence-electron chi connectivity index (χ4n) is 0.922. The van der Waals surface area contributed by atoms with E-state index in [1.165, 1.54) is 6.92 Å². The van der Waals surface area contributed by atoms with Gasteiger partial charge in [-0.15, -0.1) is 0 Å². The molecule has 4 heteroatoms. The summed E-state index contributed by atoms with van der Waals surface area (Å²) in [6.45, 7) is 5.51. The standard InChI is InChI=1S/C7H11N3O/c1-5(11)4-10-7(3)8-6(2)9-10/h4H2,1-3H3. The third-order valence-electron chi connectivity index (χ3n) is 1.34. The van der Waals surface area contributed by atoms with Gasteiger partial charge in [0.25, 0.3) is 0 Å². The van der Waals surface area contributed by atoms with Crippen molar-refractivity contribution in [3.05, 3.63) is 11.6 Å². The molecule has 1 heterocycles. The molecule has 11 heavy (non-hydrogen) atoms. The Balaban J connectivity index is 2.85. The zero-order valence-electron chi connectivity index (χ0n) is 6.96. The van der Waals surface area contributed by atoms with Crippen molar-refractivity contribution in [1.82, 2.24) is 14.8 Å². The van der Waals surface area contributed by atoms with E-state index in [4.69, 9.17) is 0 Å². The molecule has 0 atom stereocenters. The Hall–Kier alpha value is -1.19. The van der Waals surface area contributed by atoms with Crippen LogP contribution in [0.3, 0.4) is 0 Å². The summed E-state index contributed by atoms with van der Waals surface area (Å²) in [5.41, 5.74) is 0. The Morgan fingerprint density at radius 1 is 1.55 bits per heavy atom. The lowest BCUT2D eigenvalue weighted by atomic mass is 10.4. The summed E-state index contributed by atoms with van der Waals surface area (Å²) in [5.74, 6) is 1.60. The second kappa shape index (κ2) is 2.82. The molecule has 0 aromatic carbocycles. The fourth-order valence-corrected chi connectivity index (χ4v) is 0.922. The number of rotatable bonds is 2. The molecule has 0 unspecified atom stereocenters. The molecule has 60 valence electrons. The highest BCUT2D eigenvalue weighted by Crippen LogP contribution is 1.95. The van der Waals surface area contributed by atoms with E-state index in [0.29, 0.717) is 12.4 Å². The lowest BCUT2D eigenvalue weighted by Gasteiger charge is -1.96. The van der Waals surface area contributed by atoms with Gasteiger partial charge in [-0.2, -0.15) is 5.10 Å². The Morgan fingerprint density at radius 2 is 2.18 bits per heavy atom. The second-order valence-corrected chi connectivity index (χ2v) is 2.57. The molecular formula is C7H11N3O. The van der Waals surface area contributed by atoms with Crippen LogP contribution in [0.5, 0.6) is 0 Å². The van der Waals surface area contributed by atoms with Crippen LogP contribution >= 0.6 is 0 Å². The summed E-state index contributed by atoms with van der Waals surface area (Å²) >= 11 is 0. The average molecular weight is 153 g/mol. The molecule has 4 nitrogen and oxygen atoms in total. The Bertz CT molecular complexity index is 277. The molecule has 0 aliphatic rings. The highest BCUT2D eigenvalue weighted by molar-refractivity contribution is 5.75. The molecule has 0 saturated carbocycles. The summed E-state index contributed by atoms with van der Waals surface area (Å²) in [4.78, 5) is 14.7. The SMILES string of the molecule is CC(=O)Cn1nc(C)nc1C. The maximum absolute atomic E-state index is 10.7. The van der Waals surface area contributed by atoms with E-state index < -0.39 is 0 Å². The van der Waals surface area contributed by atoms with Gasteiger partial charge in [-0.1, -0.05) is 0 Å². The Morgan fingerprint density at radius 3 is 2.55 bits per heavy atom. The molecule has 0 bridgehead atoms. The number of aromatic nitrogens is 3. The fraction of sp³-hybridized carbons (Fsp3) is 0.571. The first-order chi connectivity index (χ1) is 5.09. The molecule has 0 spiro atoms. The number of Topliss-reactive ketones (excluding diaryl/α,β-unsaturated/α-hetero) is 1. The molecule has 0 aliphatic carbocycles. The van der Waals surface area contributed by atoms with Gasteiger partial charge in [-0.3, -0.25) is 4.79 Å². The lowest BCUT2D eigenvalue weighted by Crippen LogP contribution is -2.09. The molecule has 0 N–H and O–H groups in total. The number of carbonyl (C=O) groups excluding carboxylic acids is 1. The summed E-state index contributed by atoms with van der Waals surface area (Å²) in [6, 6.07) is 0. The molecule has 0 saturated heterocycles. The van der Waals surface area contributed by atoms with Gasteiger partial charge >= 0.3 is 0 Å². The van der Waals surface area contributed by atoms with Crippen molar-refractivity contribution in [1.29, 1.82) is 0 Å². The summed E-state index contributed by atoms with van der Waals surface area (Å²) < 4.78 is 1.61. The molecule has 0 radical (unpaired) electrons. The van der Waals surface area contributed by atoms with Gasteiger partial charge in [0.2, 0.25) is 0 Å². The number of nitrogens with zero attached hydrogens (tertiary/aromatic N) is 3. The lowest BCUT2D eigenvalue weighted by molar-refractivity contribution is -0.117. The highest BCUT2D eigenvalue weighted by atomic mass is 16.1. The largest absolute Gasteiger partial charge is 0.298 e. The van der Waals surface area contributed by atoms with Gasteiger partial charge in [0.15, 0.2) is 5.78 Å². The third kappa shape index (κ3) is 1.86. The zero-order chi connectivity index (χ0) is 8.43. The van der Waals surface area contributed by atoms with Crippen LogP contribution in [0.25, 0.3) is 0 Å². The maximum Gasteiger partial charge on any atom is 0.151 e. The van der Waals surface area contributed by atoms with Crippen molar-refractivity contribution >= 4 is 5.78 Å². The van der Waals surface area contributed by atoms with Gasteiger partial charge in [0.05, 0.1) is 0 Å². The number of hydrogen-bond donors (Lipinski definition) is 0. The highest BCUT2D eigenvalue weighted by Gasteiger charge is 2.03. The molecule has 0 fully saturated rings. The van der Waals surface area contributed by atoms with Crippen molar-refractivity contribution in [3.8, 4) is 0 Å². The number of hydrogen-bond acceptors (Lipinski definition) is 3. The predicted octanol–water partition coefficient (Wildman–Crippen LogP) is 0.484. The first kappa shape index (κ1) is 7.91. The van der Waals surface area contributed by atoms with E-state index in [9.17, 15) is 4.79 Å². The summed E-state index contributed by atoms with van der Waals surface area (Å²) in [5, 5.41) is 4.04. The van der Waals surface area contributed by atoms with E-state index in [0.717, 1.165) is 5.82 Å². The van der Waals surface area contributed by atoms with Crippen LogP contribution in [0.4, 0.5) is 0 Å². The maximum atomic E-state index is 10.7. The molecule has 0 amide bonds. The van der Waals surface area contributed by atoms with E-state index in [1.807, 2.05) is 13.8 Å². The molecule has 1 aromatic rings. The summed E-state index contributed by atoms with van der Waals surface area (Å²) in [6.07, 6.45) is 0. The van der Waals surface area contributed by atoms with Crippen molar-refractivity contribution in [2.24, 2.45) is 0 Å². The van der Waals surface area contributed by atoms with Crippen molar-refractivity contribution in [2.45, 2.75) is 27.3 Å². The number of aryl methyl sites for hydroxylation is 2. The first-order valence-electron chi connectivity index (χ1n) is 3.47. The minimum atomic E-state index is 0.0954. The molecule has 0 aliphatic heterocycles. The van der Waals surface area contributed by atoms with Crippen LogP contribution in [0, 0.1) is 13.8 Å². The van der Waals surface area contributed by atoms with Crippen LogP contribution in [0.2, 0.25) is 0 Å². The Kier molecular flexibility index (Phi) is 2.03. The van der Waals surface area contributed by atoms with Gasteiger partial charge in [-0.05, 0) is 20.8 Å². The minimum Gasteiger partial charge on any atom is -0.298 e. The van der Waals surface area contributed by atoms with E-state index >= 15 is 0 Å². The number of carbonyl (C=O) groups is 1. The van der Waals surface area contributed by atoms with E-state index in [1.54, 1.807) is 4.68 Å². The third-order valence-corrected chi connectivity index (χ3v) is 1.34. The van der Waals surface area contributed by atoms with Crippen molar-refractivity contribution in [2.75, 3.05) is 0 Å². The minimum absolute atomic E-state index is 0.0954. The van der Waals surface area contributed by atoms with E-state index in [2.05, 4.69) is 10.1 Å². The second-order valence-electron chi connectivity index (χ2n) is 2.57. The topological polar surface area (TPSA) is 47.8 Å². The normalized spacial score (nSPS) is 10.1. The Labute approximate surface area is 65.2 Å².